The molecule has 116 valence electrons. The summed E-state index contributed by atoms with van der Waals surface area (Å²) in [6.45, 7) is 1.95. The van der Waals surface area contributed by atoms with E-state index in [1.807, 2.05) is 0 Å². The summed E-state index contributed by atoms with van der Waals surface area (Å²) in [4.78, 5) is 0.574. The van der Waals surface area contributed by atoms with E-state index in [1.54, 1.807) is 12.1 Å². The Morgan fingerprint density at radius 3 is 2.95 bits per heavy atom. The average Bonchev–Trinajstić information content (AvgIpc) is 2.87. The first-order valence-corrected chi connectivity index (χ1v) is 9.38. The number of benzene rings is 1. The van der Waals surface area contributed by atoms with Crippen LogP contribution in [0, 0.1) is 0 Å². The standard InChI is InChI=1S/C11H15N3O4S3/c12-20-11(9-6-13-4-5-18-9)14-10-7(19-11)2-1-3-8(10)21(15,16)17/h1-3,9,13-14H,4-6,12H2,(H,15,16,17). The van der Waals surface area contributed by atoms with Crippen LogP contribution in [0.5, 0.6) is 0 Å². The number of para-hydroxylation sites is 1. The van der Waals surface area contributed by atoms with Crippen LogP contribution in [0.4, 0.5) is 5.69 Å². The van der Waals surface area contributed by atoms with Crippen LogP contribution >= 0.6 is 23.7 Å². The first-order valence-electron chi connectivity index (χ1n) is 6.24. The lowest BCUT2D eigenvalue weighted by Crippen LogP contribution is -2.53. The van der Waals surface area contributed by atoms with E-state index in [0.717, 1.165) is 23.4 Å². The lowest BCUT2D eigenvalue weighted by molar-refractivity contribution is 0.0262. The molecule has 0 spiro atoms. The van der Waals surface area contributed by atoms with E-state index in [4.69, 9.17) is 9.88 Å². The van der Waals surface area contributed by atoms with Gasteiger partial charge in [0.15, 0.2) is 4.20 Å². The fourth-order valence-corrected chi connectivity index (χ4v) is 5.21. The van der Waals surface area contributed by atoms with Gasteiger partial charge in [-0.3, -0.25) is 9.69 Å². The smallest absolute Gasteiger partial charge is 0.296 e. The molecule has 0 radical (unpaired) electrons. The van der Waals surface area contributed by atoms with E-state index in [2.05, 4.69) is 10.6 Å². The maximum absolute atomic E-state index is 11.5. The van der Waals surface area contributed by atoms with E-state index in [1.165, 1.54) is 17.8 Å². The highest BCUT2D eigenvalue weighted by atomic mass is 32.2. The third-order valence-electron chi connectivity index (χ3n) is 3.35. The summed E-state index contributed by atoms with van der Waals surface area (Å²) < 4.78 is 37.4. The van der Waals surface area contributed by atoms with Crippen molar-refractivity contribution in [1.82, 2.24) is 5.32 Å². The molecule has 5 N–H and O–H groups in total. The van der Waals surface area contributed by atoms with Crippen molar-refractivity contribution in [3.05, 3.63) is 18.2 Å². The minimum absolute atomic E-state index is 0.146. The van der Waals surface area contributed by atoms with Crippen LogP contribution in [0.25, 0.3) is 0 Å². The number of nitrogens with one attached hydrogen (secondary N) is 2. The van der Waals surface area contributed by atoms with Gasteiger partial charge in [-0.1, -0.05) is 17.8 Å². The Hall–Kier alpha value is -0.490. The third-order valence-corrected chi connectivity index (χ3v) is 6.73. The molecule has 0 aliphatic carbocycles. The number of morpholine rings is 1. The van der Waals surface area contributed by atoms with Gasteiger partial charge in [-0.15, -0.1) is 0 Å². The molecule has 0 bridgehead atoms. The van der Waals surface area contributed by atoms with Gasteiger partial charge in [0.2, 0.25) is 0 Å². The molecular formula is C11H15N3O4S3. The van der Waals surface area contributed by atoms with Crippen molar-refractivity contribution < 1.29 is 17.7 Å². The van der Waals surface area contributed by atoms with E-state index >= 15 is 0 Å². The van der Waals surface area contributed by atoms with Gasteiger partial charge in [-0.2, -0.15) is 8.42 Å². The second kappa shape index (κ2) is 5.61. The number of rotatable bonds is 3. The molecule has 0 amide bonds. The van der Waals surface area contributed by atoms with Crippen LogP contribution in [0.3, 0.4) is 0 Å². The zero-order valence-corrected chi connectivity index (χ0v) is 13.4. The van der Waals surface area contributed by atoms with Crippen LogP contribution in [-0.4, -0.2) is 43.0 Å². The number of ether oxygens (including phenoxy) is 1. The molecule has 2 aliphatic heterocycles. The lowest BCUT2D eigenvalue weighted by Gasteiger charge is -2.37. The van der Waals surface area contributed by atoms with E-state index in [0.29, 0.717) is 18.8 Å². The Kier molecular flexibility index (Phi) is 4.12. The molecule has 0 aromatic heterocycles. The third kappa shape index (κ3) is 2.77. The van der Waals surface area contributed by atoms with Crippen molar-refractivity contribution in [2.24, 2.45) is 5.14 Å². The van der Waals surface area contributed by atoms with E-state index in [-0.39, 0.29) is 11.0 Å². The Bertz CT molecular complexity index is 648. The van der Waals surface area contributed by atoms with Gasteiger partial charge in [-0.25, -0.2) is 0 Å². The summed E-state index contributed by atoms with van der Waals surface area (Å²) in [5, 5.41) is 12.2. The average molecular weight is 349 g/mol. The molecule has 1 aromatic carbocycles. The number of hydrogen-bond acceptors (Lipinski definition) is 8. The molecule has 1 fully saturated rings. The van der Waals surface area contributed by atoms with Gasteiger partial charge < -0.3 is 15.4 Å². The van der Waals surface area contributed by atoms with Crippen LogP contribution in [0.2, 0.25) is 0 Å². The second-order valence-corrected chi connectivity index (χ2v) is 8.50. The quantitative estimate of drug-likeness (QED) is 0.462. The highest BCUT2D eigenvalue weighted by Gasteiger charge is 2.48. The number of hydrogen-bond donors (Lipinski definition) is 4. The molecule has 0 saturated carbocycles. The number of fused-ring (bicyclic) bond motifs is 1. The molecule has 1 aromatic rings. The molecule has 21 heavy (non-hydrogen) atoms. The van der Waals surface area contributed by atoms with Crippen molar-refractivity contribution in [2.45, 2.75) is 20.1 Å². The summed E-state index contributed by atoms with van der Waals surface area (Å²) in [7, 11) is -4.30. The fraction of sp³-hybridized carbons (Fsp3) is 0.455. The maximum atomic E-state index is 11.5. The molecule has 2 atom stereocenters. The Labute approximate surface area is 131 Å². The predicted molar refractivity (Wildman–Crippen MR) is 82.9 cm³/mol. The first-order chi connectivity index (χ1) is 9.96. The summed E-state index contributed by atoms with van der Waals surface area (Å²) in [5.74, 6) is 0. The summed E-state index contributed by atoms with van der Waals surface area (Å²) >= 11 is 2.48. The summed E-state index contributed by atoms with van der Waals surface area (Å²) in [5.41, 5.74) is 0.372. The van der Waals surface area contributed by atoms with Crippen LogP contribution < -0.4 is 15.8 Å². The topological polar surface area (TPSA) is 114 Å². The van der Waals surface area contributed by atoms with Gasteiger partial charge in [-0.05, 0) is 24.1 Å². The summed E-state index contributed by atoms with van der Waals surface area (Å²) in [6.07, 6.45) is -0.229. The largest absolute Gasteiger partial charge is 0.371 e. The molecule has 3 rings (SSSR count). The Morgan fingerprint density at radius 2 is 2.33 bits per heavy atom. The number of nitrogens with two attached hydrogens (primary N) is 1. The van der Waals surface area contributed by atoms with Crippen LogP contribution in [0.1, 0.15) is 0 Å². The molecule has 1 saturated heterocycles. The lowest BCUT2D eigenvalue weighted by atomic mass is 10.2. The second-order valence-electron chi connectivity index (χ2n) is 4.68. The highest BCUT2D eigenvalue weighted by molar-refractivity contribution is 8.17. The van der Waals surface area contributed by atoms with Crippen molar-refractivity contribution in [3.8, 4) is 0 Å². The highest BCUT2D eigenvalue weighted by Crippen LogP contribution is 2.53. The molecule has 10 heteroatoms. The molecule has 2 aliphatic rings. The normalized spacial score (nSPS) is 29.0. The van der Waals surface area contributed by atoms with E-state index in [9.17, 15) is 13.0 Å². The van der Waals surface area contributed by atoms with Crippen molar-refractivity contribution in [1.29, 1.82) is 0 Å². The molecule has 2 unspecified atom stereocenters. The minimum Gasteiger partial charge on any atom is -0.371 e. The van der Waals surface area contributed by atoms with Gasteiger partial charge >= 0.3 is 0 Å². The molecule has 2 heterocycles. The Balaban J connectivity index is 1.99. The predicted octanol–water partition coefficient (Wildman–Crippen LogP) is 0.700. The van der Waals surface area contributed by atoms with Gasteiger partial charge in [0.05, 0.1) is 12.3 Å². The maximum Gasteiger partial charge on any atom is 0.296 e. The van der Waals surface area contributed by atoms with Crippen molar-refractivity contribution in [2.75, 3.05) is 25.0 Å². The zero-order valence-electron chi connectivity index (χ0n) is 10.9. The van der Waals surface area contributed by atoms with Crippen LogP contribution in [0.15, 0.2) is 28.0 Å². The van der Waals surface area contributed by atoms with Gasteiger partial charge in [0.1, 0.15) is 11.0 Å². The summed E-state index contributed by atoms with van der Waals surface area (Å²) in [6, 6.07) is 4.74. The van der Waals surface area contributed by atoms with Crippen LogP contribution in [-0.2, 0) is 14.9 Å². The van der Waals surface area contributed by atoms with Gasteiger partial charge in [0, 0.05) is 18.0 Å². The fourth-order valence-electron chi connectivity index (χ4n) is 2.38. The molecular weight excluding hydrogens is 334 g/mol. The zero-order chi connectivity index (χ0) is 15.1. The SMILES string of the molecule is NSC1(C2CNCCO2)Nc2c(cccc2S(=O)(=O)O)S1. The first kappa shape index (κ1) is 15.4. The van der Waals surface area contributed by atoms with E-state index < -0.39 is 14.3 Å². The number of thioether (sulfide) groups is 1. The van der Waals surface area contributed by atoms with Crippen molar-refractivity contribution in [3.63, 3.8) is 0 Å². The Morgan fingerprint density at radius 1 is 1.52 bits per heavy atom. The van der Waals surface area contributed by atoms with Crippen molar-refractivity contribution >= 4 is 39.5 Å². The van der Waals surface area contributed by atoms with Gasteiger partial charge in [0.25, 0.3) is 10.1 Å². The number of anilines is 1. The molecule has 7 nitrogen and oxygen atoms in total. The monoisotopic (exact) mass is 349 g/mol. The minimum atomic E-state index is -4.30.